The molecule has 0 unspecified atom stereocenters. The van der Waals surface area contributed by atoms with Crippen LogP contribution in [0.3, 0.4) is 0 Å². The first-order chi connectivity index (χ1) is 13.2. The zero-order chi connectivity index (χ0) is 20.6. The summed E-state index contributed by atoms with van der Waals surface area (Å²) in [7, 11) is 1.71. The number of azo groups is 1. The Balaban J connectivity index is 1.81. The lowest BCUT2D eigenvalue weighted by molar-refractivity contribution is -0.120. The van der Waals surface area contributed by atoms with E-state index in [0.29, 0.717) is 29.6 Å². The van der Waals surface area contributed by atoms with Gasteiger partial charge in [-0.3, -0.25) is 4.79 Å². The molecule has 0 saturated heterocycles. The van der Waals surface area contributed by atoms with Gasteiger partial charge >= 0.3 is 5.91 Å². The normalized spacial score (nSPS) is 11.5. The second-order valence-electron chi connectivity index (χ2n) is 5.93. The fourth-order valence-electron chi connectivity index (χ4n) is 2.57. The van der Waals surface area contributed by atoms with Crippen LogP contribution in [0.1, 0.15) is 5.56 Å². The van der Waals surface area contributed by atoms with Crippen molar-refractivity contribution in [2.45, 2.75) is 6.92 Å². The summed E-state index contributed by atoms with van der Waals surface area (Å²) in [4.78, 5) is 12.1. The minimum atomic E-state index is -0.609. The molecule has 28 heavy (non-hydrogen) atoms. The number of amides is 1. The summed E-state index contributed by atoms with van der Waals surface area (Å²) >= 11 is 16.2. The topological polar surface area (TPSA) is 76.2 Å². The van der Waals surface area contributed by atoms with Crippen LogP contribution in [0.15, 0.2) is 47.9 Å². The van der Waals surface area contributed by atoms with Crippen LogP contribution in [0.5, 0.6) is 11.6 Å². The van der Waals surface area contributed by atoms with Crippen molar-refractivity contribution in [1.29, 1.82) is 0 Å². The van der Waals surface area contributed by atoms with Crippen molar-refractivity contribution >= 4 is 81.9 Å². The molecule has 0 fully saturated rings. The van der Waals surface area contributed by atoms with Gasteiger partial charge in [0.05, 0.1) is 19.5 Å². The molecule has 0 atom stereocenters. The van der Waals surface area contributed by atoms with Crippen LogP contribution >= 0.6 is 59.4 Å². The number of carbonyl (C=O) groups excluding carboxylic acids is 1. The maximum absolute atomic E-state index is 12.1. The number of rotatable bonds is 4. The number of aromatic nitrogens is 1. The molecule has 146 valence electrons. The maximum Gasteiger partial charge on any atom is 0.302 e. The van der Waals surface area contributed by atoms with Crippen molar-refractivity contribution in [1.82, 2.24) is 4.57 Å². The number of hydrogen-bond donors (Lipinski definition) is 1. The van der Waals surface area contributed by atoms with E-state index in [1.165, 1.54) is 0 Å². The molecular formula is C18H13Br3ClN3O3. The summed E-state index contributed by atoms with van der Waals surface area (Å²) in [6, 6.07) is 7.40. The average Bonchev–Trinajstić information content (AvgIpc) is 2.88. The van der Waals surface area contributed by atoms with Gasteiger partial charge in [0.2, 0.25) is 5.88 Å². The molecule has 0 aliphatic rings. The Kier molecular flexibility index (Phi) is 6.48. The lowest BCUT2D eigenvalue weighted by Crippen LogP contribution is -2.08. The molecule has 1 aromatic heterocycles. The number of aryl methyl sites for hydroxylation is 2. The molecule has 10 heteroatoms. The second-order valence-corrected chi connectivity index (χ2v) is 8.81. The number of hydrogen-bond acceptors (Lipinski definition) is 4. The highest BCUT2D eigenvalue weighted by molar-refractivity contribution is 9.11. The van der Waals surface area contributed by atoms with E-state index in [9.17, 15) is 9.90 Å². The first-order valence-corrected chi connectivity index (χ1v) is 10.6. The maximum atomic E-state index is 12.1. The first-order valence-electron chi connectivity index (χ1n) is 7.89. The van der Waals surface area contributed by atoms with E-state index in [-0.39, 0.29) is 18.2 Å². The van der Waals surface area contributed by atoms with Crippen LogP contribution in [0.25, 0.3) is 10.9 Å². The van der Waals surface area contributed by atoms with Gasteiger partial charge in [0.1, 0.15) is 5.75 Å². The largest absolute Gasteiger partial charge is 0.493 e. The van der Waals surface area contributed by atoms with Crippen molar-refractivity contribution in [3.05, 3.63) is 48.3 Å². The van der Waals surface area contributed by atoms with Gasteiger partial charge in [-0.1, -0.05) is 23.2 Å². The van der Waals surface area contributed by atoms with Crippen LogP contribution in [0.4, 0.5) is 5.69 Å². The minimum absolute atomic E-state index is 0.0664. The van der Waals surface area contributed by atoms with E-state index in [2.05, 4.69) is 58.0 Å². The first kappa shape index (κ1) is 21.3. The second kappa shape index (κ2) is 8.52. The number of aromatic hydroxyl groups is 1. The van der Waals surface area contributed by atoms with Crippen LogP contribution < -0.4 is 4.74 Å². The molecule has 0 saturated carbocycles. The summed E-state index contributed by atoms with van der Waals surface area (Å²) < 4.78 is 8.90. The molecule has 0 aliphatic heterocycles. The molecule has 1 amide bonds. The Bertz CT molecular complexity index is 1130. The minimum Gasteiger partial charge on any atom is -0.493 e. The Morgan fingerprint density at radius 1 is 1.25 bits per heavy atom. The number of nitrogens with zero attached hydrogens (tertiary/aromatic N) is 3. The molecule has 0 spiro atoms. The van der Waals surface area contributed by atoms with Crippen molar-refractivity contribution < 1.29 is 14.6 Å². The summed E-state index contributed by atoms with van der Waals surface area (Å²) in [5, 5.41) is 19.1. The van der Waals surface area contributed by atoms with Gasteiger partial charge in [0, 0.05) is 16.9 Å². The van der Waals surface area contributed by atoms with E-state index in [1.807, 2.05) is 25.1 Å². The van der Waals surface area contributed by atoms with E-state index in [1.54, 1.807) is 17.7 Å². The van der Waals surface area contributed by atoms with Gasteiger partial charge < -0.3 is 14.4 Å². The highest BCUT2D eigenvalue weighted by Gasteiger charge is 2.17. The van der Waals surface area contributed by atoms with Crippen molar-refractivity contribution in [2.24, 2.45) is 17.3 Å². The summed E-state index contributed by atoms with van der Waals surface area (Å²) in [6.45, 7) is 1.59. The van der Waals surface area contributed by atoms with Crippen molar-refractivity contribution in [3.8, 4) is 11.6 Å². The molecule has 0 radical (unpaired) electrons. The smallest absolute Gasteiger partial charge is 0.302 e. The van der Waals surface area contributed by atoms with E-state index < -0.39 is 5.91 Å². The fraction of sp³-hybridized carbons (Fsp3) is 0.167. The predicted molar refractivity (Wildman–Crippen MR) is 119 cm³/mol. The van der Waals surface area contributed by atoms with E-state index in [4.69, 9.17) is 16.3 Å². The molecule has 0 aliphatic carbocycles. The van der Waals surface area contributed by atoms with E-state index in [0.717, 1.165) is 11.1 Å². The molecule has 3 rings (SSSR count). The summed E-state index contributed by atoms with van der Waals surface area (Å²) in [5.41, 5.74) is 2.03. The standard InChI is InChI=1S/C18H13Br3ClN3O3/c1-8-3-4-12-9(5-8)16(18(27)25(12)2)24-23-13(26)7-28-17-11(20)6-10(19)15(22)14(17)21/h3-6,27H,7H2,1-2H3. The Morgan fingerprint density at radius 3 is 2.68 bits per heavy atom. The third-order valence-electron chi connectivity index (χ3n) is 3.97. The van der Waals surface area contributed by atoms with Gasteiger partial charge in [-0.05, 0) is 72.9 Å². The summed E-state index contributed by atoms with van der Waals surface area (Å²) in [6.07, 6.45) is 0. The van der Waals surface area contributed by atoms with Gasteiger partial charge in [0.15, 0.2) is 12.3 Å². The van der Waals surface area contributed by atoms with Gasteiger partial charge in [-0.25, -0.2) is 0 Å². The van der Waals surface area contributed by atoms with Gasteiger partial charge in [0.25, 0.3) is 0 Å². The highest BCUT2D eigenvalue weighted by Crippen LogP contribution is 2.43. The third-order valence-corrected chi connectivity index (χ3v) is 6.79. The number of carbonyl (C=O) groups is 1. The predicted octanol–water partition coefficient (Wildman–Crippen LogP) is 6.82. The van der Waals surface area contributed by atoms with Crippen LogP contribution in [-0.2, 0) is 11.8 Å². The number of benzene rings is 2. The lowest BCUT2D eigenvalue weighted by atomic mass is 10.1. The number of ether oxygens (including phenoxy) is 1. The average molecular weight is 594 g/mol. The lowest BCUT2D eigenvalue weighted by Gasteiger charge is -2.10. The Hall–Kier alpha value is -1.42. The SMILES string of the molecule is Cc1ccc2c(c1)c(N=NC(=O)COc1c(Br)cc(Br)c(Cl)c1Br)c(O)n2C. The molecular weight excluding hydrogens is 581 g/mol. The molecule has 0 bridgehead atoms. The monoisotopic (exact) mass is 591 g/mol. The van der Waals surface area contributed by atoms with Gasteiger partial charge in [-0.2, -0.15) is 0 Å². The molecule has 1 N–H and O–H groups in total. The molecule has 3 aromatic rings. The number of fused-ring (bicyclic) bond motifs is 1. The molecule has 1 heterocycles. The summed E-state index contributed by atoms with van der Waals surface area (Å²) in [5.74, 6) is -0.300. The quantitative estimate of drug-likeness (QED) is 0.205. The van der Waals surface area contributed by atoms with Crippen LogP contribution in [0, 0.1) is 6.92 Å². The zero-order valence-corrected chi connectivity index (χ0v) is 20.1. The Morgan fingerprint density at radius 2 is 1.96 bits per heavy atom. The van der Waals surface area contributed by atoms with Gasteiger partial charge in [-0.15, -0.1) is 10.2 Å². The van der Waals surface area contributed by atoms with Crippen LogP contribution in [0.2, 0.25) is 5.02 Å². The fourth-order valence-corrected chi connectivity index (χ4v) is 5.06. The van der Waals surface area contributed by atoms with Crippen molar-refractivity contribution in [2.75, 3.05) is 6.61 Å². The van der Waals surface area contributed by atoms with Crippen molar-refractivity contribution in [3.63, 3.8) is 0 Å². The molecule has 6 nitrogen and oxygen atoms in total. The van der Waals surface area contributed by atoms with E-state index >= 15 is 0 Å². The Labute approximate surface area is 190 Å². The zero-order valence-electron chi connectivity index (χ0n) is 14.6. The molecule has 2 aromatic carbocycles. The third kappa shape index (κ3) is 4.12. The highest BCUT2D eigenvalue weighted by atomic mass is 79.9. The van der Waals surface area contributed by atoms with Crippen LogP contribution in [-0.4, -0.2) is 22.2 Å². The number of halogens is 4.